The zero-order valence-corrected chi connectivity index (χ0v) is 9.19. The summed E-state index contributed by atoms with van der Waals surface area (Å²) in [5.74, 6) is 1.29. The van der Waals surface area contributed by atoms with E-state index < -0.39 is 5.97 Å². The number of carboxylic acids is 1. The molecule has 1 N–H and O–H groups in total. The highest BCUT2D eigenvalue weighted by Crippen LogP contribution is 2.11. The topological polar surface area (TPSA) is 63.3 Å². The van der Waals surface area contributed by atoms with Crippen LogP contribution in [0.1, 0.15) is 38.3 Å². The van der Waals surface area contributed by atoms with Crippen LogP contribution in [-0.2, 0) is 17.6 Å². The van der Waals surface area contributed by atoms with E-state index >= 15 is 0 Å². The highest BCUT2D eigenvalue weighted by atomic mass is 16.4. The van der Waals surface area contributed by atoms with Crippen LogP contribution in [0.3, 0.4) is 0 Å². The molecule has 15 heavy (non-hydrogen) atoms. The van der Waals surface area contributed by atoms with Gasteiger partial charge in [0, 0.05) is 19.3 Å². The van der Waals surface area contributed by atoms with Gasteiger partial charge in [-0.15, -0.1) is 0 Å². The summed E-state index contributed by atoms with van der Waals surface area (Å²) in [5.41, 5.74) is 0. The third-order valence-electron chi connectivity index (χ3n) is 2.00. The van der Waals surface area contributed by atoms with Gasteiger partial charge in [0.2, 0.25) is 0 Å². The van der Waals surface area contributed by atoms with Gasteiger partial charge < -0.3 is 9.52 Å². The van der Waals surface area contributed by atoms with Crippen molar-refractivity contribution in [3.05, 3.63) is 17.8 Å². The van der Waals surface area contributed by atoms with Gasteiger partial charge in [-0.25, -0.2) is 4.98 Å². The minimum atomic E-state index is -0.767. The molecule has 0 bridgehead atoms. The number of carbonyl (C=O) groups is 1. The van der Waals surface area contributed by atoms with Crippen LogP contribution >= 0.6 is 0 Å². The molecular formula is C11H17NO3. The van der Waals surface area contributed by atoms with Crippen molar-refractivity contribution < 1.29 is 14.3 Å². The molecule has 0 aliphatic rings. The summed E-state index contributed by atoms with van der Waals surface area (Å²) in [6.45, 7) is 4.21. The number of rotatable bonds is 6. The minimum absolute atomic E-state index is 0.181. The molecule has 0 aliphatic heterocycles. The minimum Gasteiger partial charge on any atom is -0.481 e. The molecule has 4 heteroatoms. The van der Waals surface area contributed by atoms with Crippen molar-refractivity contribution in [2.24, 2.45) is 5.92 Å². The molecule has 84 valence electrons. The van der Waals surface area contributed by atoms with Crippen molar-refractivity contribution in [1.82, 2.24) is 4.98 Å². The number of aromatic nitrogens is 1. The third kappa shape index (κ3) is 4.63. The van der Waals surface area contributed by atoms with Gasteiger partial charge in [0.1, 0.15) is 5.76 Å². The Bertz CT molecular complexity index is 317. The quantitative estimate of drug-likeness (QED) is 0.784. The number of hydrogen-bond acceptors (Lipinski definition) is 3. The van der Waals surface area contributed by atoms with Crippen LogP contribution < -0.4 is 0 Å². The molecule has 0 fully saturated rings. The van der Waals surface area contributed by atoms with E-state index in [1.165, 1.54) is 0 Å². The fourth-order valence-corrected chi connectivity index (χ4v) is 1.32. The molecule has 0 amide bonds. The van der Waals surface area contributed by atoms with Crippen LogP contribution in [-0.4, -0.2) is 16.1 Å². The molecular weight excluding hydrogens is 194 g/mol. The number of oxazole rings is 1. The van der Waals surface area contributed by atoms with Gasteiger partial charge in [0.25, 0.3) is 0 Å². The Morgan fingerprint density at radius 1 is 1.60 bits per heavy atom. The van der Waals surface area contributed by atoms with Crippen molar-refractivity contribution in [3.8, 4) is 0 Å². The van der Waals surface area contributed by atoms with Crippen LogP contribution in [0.2, 0.25) is 0 Å². The fraction of sp³-hybridized carbons (Fsp3) is 0.636. The summed E-state index contributed by atoms with van der Waals surface area (Å²) in [6, 6.07) is 0. The van der Waals surface area contributed by atoms with Gasteiger partial charge in [-0.1, -0.05) is 13.8 Å². The lowest BCUT2D eigenvalue weighted by atomic mass is 10.1. The molecule has 0 aliphatic carbocycles. The molecule has 1 aromatic rings. The van der Waals surface area contributed by atoms with E-state index in [9.17, 15) is 4.79 Å². The largest absolute Gasteiger partial charge is 0.481 e. The summed E-state index contributed by atoms with van der Waals surface area (Å²) in [5, 5.41) is 8.47. The molecule has 0 aromatic carbocycles. The Kier molecular flexibility index (Phi) is 4.34. The van der Waals surface area contributed by atoms with Gasteiger partial charge in [-0.3, -0.25) is 4.79 Å². The van der Waals surface area contributed by atoms with Gasteiger partial charge in [-0.2, -0.15) is 0 Å². The molecule has 0 unspecified atom stereocenters. The maximum Gasteiger partial charge on any atom is 0.303 e. The lowest BCUT2D eigenvalue weighted by Crippen LogP contribution is -1.95. The molecule has 0 saturated carbocycles. The average Bonchev–Trinajstić information content (AvgIpc) is 2.50. The zero-order chi connectivity index (χ0) is 11.3. The van der Waals surface area contributed by atoms with Crippen molar-refractivity contribution in [2.45, 2.75) is 39.5 Å². The standard InChI is InChI=1S/C11H17NO3/c1-8(2)6-10-12-7-9(15-10)4-3-5-11(13)14/h7-8H,3-6H2,1-2H3,(H,13,14). The van der Waals surface area contributed by atoms with Crippen LogP contribution in [0.5, 0.6) is 0 Å². The normalized spacial score (nSPS) is 10.9. The number of hydrogen-bond donors (Lipinski definition) is 1. The van der Waals surface area contributed by atoms with Crippen molar-refractivity contribution >= 4 is 5.97 Å². The maximum absolute atomic E-state index is 10.3. The first-order chi connectivity index (χ1) is 7.08. The Morgan fingerprint density at radius 2 is 2.33 bits per heavy atom. The van der Waals surface area contributed by atoms with Gasteiger partial charge in [0.05, 0.1) is 6.20 Å². The summed E-state index contributed by atoms with van der Waals surface area (Å²) < 4.78 is 5.47. The van der Waals surface area contributed by atoms with Crippen molar-refractivity contribution in [2.75, 3.05) is 0 Å². The molecule has 0 atom stereocenters. The molecule has 0 radical (unpaired) electrons. The first-order valence-corrected chi connectivity index (χ1v) is 5.23. The second kappa shape index (κ2) is 5.53. The summed E-state index contributed by atoms with van der Waals surface area (Å²) in [6.07, 6.45) is 3.96. The Balaban J connectivity index is 2.36. The van der Waals surface area contributed by atoms with Crippen molar-refractivity contribution in [3.63, 3.8) is 0 Å². The van der Waals surface area contributed by atoms with Crippen molar-refractivity contribution in [1.29, 1.82) is 0 Å². The molecule has 1 rings (SSSR count). The monoisotopic (exact) mass is 211 g/mol. The van der Waals surface area contributed by atoms with Crippen LogP contribution in [0.15, 0.2) is 10.6 Å². The van der Waals surface area contributed by atoms with E-state index in [4.69, 9.17) is 9.52 Å². The van der Waals surface area contributed by atoms with E-state index in [2.05, 4.69) is 18.8 Å². The average molecular weight is 211 g/mol. The smallest absolute Gasteiger partial charge is 0.303 e. The third-order valence-corrected chi connectivity index (χ3v) is 2.00. The summed E-state index contributed by atoms with van der Waals surface area (Å²) >= 11 is 0. The molecule has 1 aromatic heterocycles. The van der Waals surface area contributed by atoms with Gasteiger partial charge in [-0.05, 0) is 12.3 Å². The maximum atomic E-state index is 10.3. The number of nitrogens with zero attached hydrogens (tertiary/aromatic N) is 1. The molecule has 4 nitrogen and oxygen atoms in total. The van der Waals surface area contributed by atoms with E-state index in [-0.39, 0.29) is 6.42 Å². The van der Waals surface area contributed by atoms with Crippen LogP contribution in [0.4, 0.5) is 0 Å². The first-order valence-electron chi connectivity index (χ1n) is 5.23. The second-order valence-electron chi connectivity index (χ2n) is 4.07. The Morgan fingerprint density at radius 3 is 2.93 bits per heavy atom. The second-order valence-corrected chi connectivity index (χ2v) is 4.07. The molecule has 0 spiro atoms. The summed E-state index contributed by atoms with van der Waals surface area (Å²) in [7, 11) is 0. The highest BCUT2D eigenvalue weighted by Gasteiger charge is 2.06. The van der Waals surface area contributed by atoms with Crippen LogP contribution in [0, 0.1) is 5.92 Å². The fourth-order valence-electron chi connectivity index (χ4n) is 1.32. The van der Waals surface area contributed by atoms with E-state index in [0.717, 1.165) is 18.1 Å². The molecule has 0 saturated heterocycles. The predicted molar refractivity (Wildman–Crippen MR) is 55.6 cm³/mol. The SMILES string of the molecule is CC(C)Cc1ncc(CCCC(=O)O)o1. The van der Waals surface area contributed by atoms with Crippen LogP contribution in [0.25, 0.3) is 0 Å². The Labute approximate surface area is 89.3 Å². The summed E-state index contributed by atoms with van der Waals surface area (Å²) in [4.78, 5) is 14.4. The first kappa shape index (κ1) is 11.8. The number of aliphatic carboxylic acids is 1. The van der Waals surface area contributed by atoms with E-state index in [1.807, 2.05) is 0 Å². The highest BCUT2D eigenvalue weighted by molar-refractivity contribution is 5.66. The van der Waals surface area contributed by atoms with Gasteiger partial charge >= 0.3 is 5.97 Å². The number of aryl methyl sites for hydroxylation is 1. The van der Waals surface area contributed by atoms with Gasteiger partial charge in [0.15, 0.2) is 5.89 Å². The predicted octanol–water partition coefficient (Wildman–Crippen LogP) is 2.28. The Hall–Kier alpha value is -1.32. The van der Waals surface area contributed by atoms with E-state index in [0.29, 0.717) is 18.8 Å². The van der Waals surface area contributed by atoms with E-state index in [1.54, 1.807) is 6.20 Å². The number of carboxylic acid groups (broad SMARTS) is 1. The lowest BCUT2D eigenvalue weighted by Gasteiger charge is -1.98. The zero-order valence-electron chi connectivity index (χ0n) is 9.19. The lowest BCUT2D eigenvalue weighted by molar-refractivity contribution is -0.137. The molecule has 1 heterocycles.